The van der Waals surface area contributed by atoms with Gasteiger partial charge in [0.15, 0.2) is 9.84 Å². The van der Waals surface area contributed by atoms with Crippen molar-refractivity contribution in [2.24, 2.45) is 0 Å². The molecule has 114 valence electrons. The highest BCUT2D eigenvalue weighted by Gasteiger charge is 2.16. The number of hydrogen-bond donors (Lipinski definition) is 1. The lowest BCUT2D eigenvalue weighted by atomic mass is 10.2. The van der Waals surface area contributed by atoms with E-state index in [1.54, 1.807) is 12.1 Å². The quantitative estimate of drug-likeness (QED) is 0.687. The number of nitro benzene ring substituents is 1. The Morgan fingerprint density at radius 3 is 2.23 bits per heavy atom. The van der Waals surface area contributed by atoms with Crippen molar-refractivity contribution in [2.75, 3.05) is 11.6 Å². The van der Waals surface area contributed by atoms with Crippen LogP contribution in [0.1, 0.15) is 10.4 Å². The number of rotatable bonds is 4. The highest BCUT2D eigenvalue weighted by molar-refractivity contribution is 7.90. The fraction of sp³-hybridized carbons (Fsp3) is 0.0714. The Balaban J connectivity index is 2.28. The molecule has 1 amide bonds. The average Bonchev–Trinajstić information content (AvgIpc) is 2.46. The summed E-state index contributed by atoms with van der Waals surface area (Å²) in [6, 6.07) is 11.0. The Kier molecular flexibility index (Phi) is 4.22. The van der Waals surface area contributed by atoms with Crippen molar-refractivity contribution in [3.8, 4) is 0 Å². The van der Waals surface area contributed by atoms with E-state index in [2.05, 4.69) is 5.32 Å². The highest BCUT2D eigenvalue weighted by atomic mass is 32.2. The number of nitro groups is 1. The summed E-state index contributed by atoms with van der Waals surface area (Å²) in [7, 11) is -3.48. The molecule has 0 radical (unpaired) electrons. The van der Waals surface area contributed by atoms with E-state index < -0.39 is 20.7 Å². The molecule has 0 aliphatic heterocycles. The van der Waals surface area contributed by atoms with Crippen LogP contribution >= 0.6 is 0 Å². The Labute approximate surface area is 126 Å². The molecule has 0 aromatic heterocycles. The van der Waals surface area contributed by atoms with Gasteiger partial charge in [0.05, 0.1) is 15.5 Å². The predicted molar refractivity (Wildman–Crippen MR) is 80.6 cm³/mol. The van der Waals surface area contributed by atoms with Gasteiger partial charge in [-0.05, 0) is 24.3 Å². The van der Waals surface area contributed by atoms with Crippen molar-refractivity contribution in [1.29, 1.82) is 0 Å². The van der Waals surface area contributed by atoms with Crippen LogP contribution < -0.4 is 5.32 Å². The van der Waals surface area contributed by atoms with Gasteiger partial charge in [-0.25, -0.2) is 8.42 Å². The van der Waals surface area contributed by atoms with E-state index in [-0.39, 0.29) is 21.8 Å². The summed E-state index contributed by atoms with van der Waals surface area (Å²) in [4.78, 5) is 22.1. The zero-order valence-electron chi connectivity index (χ0n) is 11.5. The van der Waals surface area contributed by atoms with Gasteiger partial charge in [-0.1, -0.05) is 12.1 Å². The number of sulfone groups is 1. The summed E-state index contributed by atoms with van der Waals surface area (Å²) in [5.41, 5.74) is 0.218. The number of para-hydroxylation sites is 1. The SMILES string of the molecule is CS(=O)(=O)c1ccccc1NC(=O)c1ccc([N+](=O)[O-])cc1. The number of nitrogens with zero attached hydrogens (tertiary/aromatic N) is 1. The van der Waals surface area contributed by atoms with Gasteiger partial charge in [0, 0.05) is 24.0 Å². The summed E-state index contributed by atoms with van der Waals surface area (Å²) in [6.45, 7) is 0. The second kappa shape index (κ2) is 5.94. The molecule has 0 unspecified atom stereocenters. The minimum Gasteiger partial charge on any atom is -0.321 e. The van der Waals surface area contributed by atoms with Crippen LogP contribution in [-0.4, -0.2) is 25.5 Å². The first-order valence-electron chi connectivity index (χ1n) is 6.14. The summed E-state index contributed by atoms with van der Waals surface area (Å²) in [6.07, 6.45) is 1.05. The molecular weight excluding hydrogens is 308 g/mol. The fourth-order valence-corrected chi connectivity index (χ4v) is 2.67. The fourth-order valence-electron chi connectivity index (χ4n) is 1.82. The standard InChI is InChI=1S/C14H12N2O5S/c1-22(20,21)13-5-3-2-4-12(13)15-14(17)10-6-8-11(9-7-10)16(18)19/h2-9H,1H3,(H,15,17). The molecule has 7 nitrogen and oxygen atoms in total. The molecule has 8 heteroatoms. The van der Waals surface area contributed by atoms with E-state index in [9.17, 15) is 23.3 Å². The number of anilines is 1. The van der Waals surface area contributed by atoms with Crippen molar-refractivity contribution < 1.29 is 18.1 Å². The first-order valence-corrected chi connectivity index (χ1v) is 8.03. The number of non-ortho nitro benzene ring substituents is 1. The van der Waals surface area contributed by atoms with Gasteiger partial charge in [0.25, 0.3) is 11.6 Å². The molecule has 0 fully saturated rings. The molecule has 0 saturated carbocycles. The first kappa shape index (κ1) is 15.6. The number of carbonyl (C=O) groups excluding carboxylic acids is 1. The van der Waals surface area contributed by atoms with Crippen molar-refractivity contribution in [1.82, 2.24) is 0 Å². The lowest BCUT2D eigenvalue weighted by Crippen LogP contribution is -2.14. The van der Waals surface area contributed by atoms with E-state index in [0.29, 0.717) is 0 Å². The number of amides is 1. The van der Waals surface area contributed by atoms with E-state index in [1.165, 1.54) is 36.4 Å². The Morgan fingerprint density at radius 2 is 1.68 bits per heavy atom. The smallest absolute Gasteiger partial charge is 0.269 e. The molecule has 1 N–H and O–H groups in total. The molecule has 2 aromatic rings. The van der Waals surface area contributed by atoms with Crippen LogP contribution in [0, 0.1) is 10.1 Å². The molecule has 0 heterocycles. The van der Waals surface area contributed by atoms with Crippen LogP contribution in [0.5, 0.6) is 0 Å². The minimum atomic E-state index is -3.48. The van der Waals surface area contributed by atoms with Crippen LogP contribution in [0.4, 0.5) is 11.4 Å². The van der Waals surface area contributed by atoms with Crippen molar-refractivity contribution in [3.63, 3.8) is 0 Å². The normalized spacial score (nSPS) is 11.0. The van der Waals surface area contributed by atoms with Crippen LogP contribution in [0.15, 0.2) is 53.4 Å². The lowest BCUT2D eigenvalue weighted by molar-refractivity contribution is -0.384. The summed E-state index contributed by atoms with van der Waals surface area (Å²) < 4.78 is 23.3. The number of hydrogen-bond acceptors (Lipinski definition) is 5. The van der Waals surface area contributed by atoms with Gasteiger partial charge < -0.3 is 5.32 Å². The maximum atomic E-state index is 12.1. The van der Waals surface area contributed by atoms with Crippen molar-refractivity contribution in [3.05, 3.63) is 64.2 Å². The molecule has 0 spiro atoms. The van der Waals surface area contributed by atoms with Crippen LogP contribution in [0.2, 0.25) is 0 Å². The second-order valence-corrected chi connectivity index (χ2v) is 6.51. The van der Waals surface area contributed by atoms with Gasteiger partial charge in [-0.2, -0.15) is 0 Å². The van der Waals surface area contributed by atoms with Crippen LogP contribution in [0.3, 0.4) is 0 Å². The van der Waals surface area contributed by atoms with Crippen molar-refractivity contribution >= 4 is 27.1 Å². The summed E-state index contributed by atoms with van der Waals surface area (Å²) >= 11 is 0. The second-order valence-electron chi connectivity index (χ2n) is 4.53. The molecule has 0 saturated heterocycles. The third-order valence-corrected chi connectivity index (χ3v) is 4.03. The van der Waals surface area contributed by atoms with Gasteiger partial charge >= 0.3 is 0 Å². The Morgan fingerprint density at radius 1 is 1.09 bits per heavy atom. The zero-order chi connectivity index (χ0) is 16.3. The minimum absolute atomic E-state index is 0.00487. The van der Waals surface area contributed by atoms with Gasteiger partial charge in [-0.3, -0.25) is 14.9 Å². The Hall–Kier alpha value is -2.74. The largest absolute Gasteiger partial charge is 0.321 e. The van der Waals surface area contributed by atoms with Crippen LogP contribution in [-0.2, 0) is 9.84 Å². The third-order valence-electron chi connectivity index (χ3n) is 2.88. The van der Waals surface area contributed by atoms with Crippen LogP contribution in [0.25, 0.3) is 0 Å². The van der Waals surface area contributed by atoms with Gasteiger partial charge in [0.1, 0.15) is 0 Å². The summed E-state index contributed by atoms with van der Waals surface area (Å²) in [5.74, 6) is -0.550. The molecule has 0 aliphatic carbocycles. The molecule has 0 bridgehead atoms. The van der Waals surface area contributed by atoms with E-state index >= 15 is 0 Å². The Bertz CT molecular complexity index is 829. The molecule has 22 heavy (non-hydrogen) atoms. The average molecular weight is 320 g/mol. The van der Waals surface area contributed by atoms with Crippen molar-refractivity contribution in [2.45, 2.75) is 4.90 Å². The van der Waals surface area contributed by atoms with E-state index in [0.717, 1.165) is 6.26 Å². The molecule has 0 atom stereocenters. The lowest BCUT2D eigenvalue weighted by Gasteiger charge is -2.09. The first-order chi connectivity index (χ1) is 10.3. The number of nitrogens with one attached hydrogen (secondary N) is 1. The summed E-state index contributed by atoms with van der Waals surface area (Å²) in [5, 5.41) is 13.1. The molecule has 0 aliphatic rings. The number of benzene rings is 2. The zero-order valence-corrected chi connectivity index (χ0v) is 12.3. The maximum absolute atomic E-state index is 12.1. The van der Waals surface area contributed by atoms with Gasteiger partial charge in [-0.15, -0.1) is 0 Å². The highest BCUT2D eigenvalue weighted by Crippen LogP contribution is 2.21. The third kappa shape index (κ3) is 3.47. The number of carbonyl (C=O) groups is 1. The van der Waals surface area contributed by atoms with E-state index in [1.807, 2.05) is 0 Å². The van der Waals surface area contributed by atoms with E-state index in [4.69, 9.17) is 0 Å². The monoisotopic (exact) mass is 320 g/mol. The molecule has 2 rings (SSSR count). The predicted octanol–water partition coefficient (Wildman–Crippen LogP) is 2.25. The topological polar surface area (TPSA) is 106 Å². The molecular formula is C14H12N2O5S. The molecule has 2 aromatic carbocycles. The van der Waals surface area contributed by atoms with Gasteiger partial charge in [0.2, 0.25) is 0 Å². The maximum Gasteiger partial charge on any atom is 0.269 e.